The Morgan fingerprint density at radius 3 is 2.17 bits per heavy atom. The zero-order valence-corrected chi connectivity index (χ0v) is 18.2. The highest BCUT2D eigenvalue weighted by Crippen LogP contribution is 2.36. The Morgan fingerprint density at radius 1 is 1.30 bits per heavy atom. The van der Waals surface area contributed by atoms with Gasteiger partial charge in [0.05, 0.1) is 16.8 Å². The van der Waals surface area contributed by atoms with Crippen molar-refractivity contribution in [3.63, 3.8) is 0 Å². The summed E-state index contributed by atoms with van der Waals surface area (Å²) in [5.74, 6) is -1.64. The molecule has 0 rings (SSSR count). The van der Waals surface area contributed by atoms with Crippen LogP contribution in [0.3, 0.4) is 0 Å². The summed E-state index contributed by atoms with van der Waals surface area (Å²) in [6.07, 6.45) is 0.374. The van der Waals surface area contributed by atoms with Crippen LogP contribution in [0.2, 0.25) is 18.1 Å². The molecule has 0 aliphatic rings. The van der Waals surface area contributed by atoms with E-state index in [4.69, 9.17) is 9.16 Å². The third kappa shape index (κ3) is 5.94. The van der Waals surface area contributed by atoms with Gasteiger partial charge in [0.2, 0.25) is 0 Å². The lowest BCUT2D eigenvalue weighted by atomic mass is 10.0. The molecule has 3 unspecified atom stereocenters. The van der Waals surface area contributed by atoms with Crippen LogP contribution in [0.1, 0.15) is 34.1 Å². The molecule has 6 nitrogen and oxygen atoms in total. The number of aldehydes is 2. The molecule has 0 aromatic carbocycles. The van der Waals surface area contributed by atoms with Crippen LogP contribution in [-0.4, -0.2) is 60.1 Å². The summed E-state index contributed by atoms with van der Waals surface area (Å²) in [5.41, 5.74) is 0. The molecule has 8 heteroatoms. The molecule has 1 N–H and O–H groups in total. The Hall–Kier alpha value is -0.836. The highest BCUT2D eigenvalue weighted by atomic mass is 28.4. The average molecular weight is 363 g/mol. The second-order valence-electron chi connectivity index (χ2n) is 7.58. The van der Waals surface area contributed by atoms with Crippen molar-refractivity contribution in [3.05, 3.63) is 0 Å². The number of carbonyl (C=O) groups excluding carboxylic acids is 2. The first kappa shape index (κ1) is 22.2. The predicted molar refractivity (Wildman–Crippen MR) is 94.2 cm³/mol. The number of rotatable bonds is 10. The van der Waals surface area contributed by atoms with E-state index in [1.165, 1.54) is 0 Å². The van der Waals surface area contributed by atoms with Gasteiger partial charge < -0.3 is 23.9 Å². The zero-order valence-electron chi connectivity index (χ0n) is 15.2. The molecule has 23 heavy (non-hydrogen) atoms. The molecule has 0 radical (unpaired) electrons. The van der Waals surface area contributed by atoms with Gasteiger partial charge in [-0.05, 0) is 24.1 Å². The smallest absolute Gasteiger partial charge is 0.331 e. The summed E-state index contributed by atoms with van der Waals surface area (Å²) >= 11 is 0. The first-order valence-corrected chi connectivity index (χ1v) is 11.7. The number of ether oxygens (including phenoxy) is 1. The van der Waals surface area contributed by atoms with E-state index in [0.717, 1.165) is 0 Å². The zero-order chi connectivity index (χ0) is 18.5. The van der Waals surface area contributed by atoms with Gasteiger partial charge in [0.1, 0.15) is 17.6 Å². The van der Waals surface area contributed by atoms with Crippen molar-refractivity contribution in [1.82, 2.24) is 0 Å². The summed E-state index contributed by atoms with van der Waals surface area (Å²) in [4.78, 5) is 33.6. The van der Waals surface area contributed by atoms with Crippen LogP contribution in [-0.2, 0) is 23.5 Å². The highest BCUT2D eigenvalue weighted by molar-refractivity contribution is 6.74. The lowest BCUT2D eigenvalue weighted by Gasteiger charge is -2.38. The third-order valence-electron chi connectivity index (χ3n) is 4.78. The molecule has 0 spiro atoms. The van der Waals surface area contributed by atoms with Crippen molar-refractivity contribution < 1.29 is 28.7 Å². The lowest BCUT2D eigenvalue weighted by Crippen LogP contribution is -2.52. The van der Waals surface area contributed by atoms with Crippen LogP contribution >= 0.6 is 0 Å². The topological polar surface area (TPSA) is 89.9 Å². The minimum Gasteiger partial charge on any atom is -0.479 e. The van der Waals surface area contributed by atoms with E-state index in [2.05, 4.69) is 33.9 Å². The summed E-state index contributed by atoms with van der Waals surface area (Å²) in [5, 5.41) is 7.98. The summed E-state index contributed by atoms with van der Waals surface area (Å²) in [7, 11) is -1.90. The molecule has 0 heterocycles. The van der Waals surface area contributed by atoms with E-state index in [0.29, 0.717) is 12.6 Å². The van der Waals surface area contributed by atoms with Crippen LogP contribution in [0, 0.1) is 5.92 Å². The molecule has 0 bridgehead atoms. The van der Waals surface area contributed by atoms with Gasteiger partial charge in [0.15, 0.2) is 14.6 Å². The van der Waals surface area contributed by atoms with Crippen molar-refractivity contribution in [2.75, 3.05) is 6.61 Å². The molecule has 0 fully saturated rings. The van der Waals surface area contributed by atoms with Gasteiger partial charge in [-0.3, -0.25) is 0 Å². The summed E-state index contributed by atoms with van der Waals surface area (Å²) in [6, 6.07) is 0. The maximum Gasteiger partial charge on any atom is 0.331 e. The molecule has 3 atom stereocenters. The van der Waals surface area contributed by atoms with E-state index in [9.17, 15) is 19.5 Å². The molecule has 0 aromatic rings. The van der Waals surface area contributed by atoms with Crippen molar-refractivity contribution in [2.24, 2.45) is 5.92 Å². The first-order valence-electron chi connectivity index (χ1n) is 7.76. The van der Waals surface area contributed by atoms with Gasteiger partial charge in [-0.1, -0.05) is 27.7 Å². The largest absolute Gasteiger partial charge is 0.479 e. The number of carboxylic acids is 1. The van der Waals surface area contributed by atoms with E-state index in [-0.39, 0.29) is 28.3 Å². The number of aliphatic carboxylic acids is 1. The van der Waals surface area contributed by atoms with Gasteiger partial charge in [-0.2, -0.15) is 0 Å². The van der Waals surface area contributed by atoms with Crippen LogP contribution in [0.15, 0.2) is 0 Å². The van der Waals surface area contributed by atoms with Gasteiger partial charge >= 0.3 is 5.97 Å². The number of hydrogen-bond donors (Lipinski definition) is 1. The van der Waals surface area contributed by atoms with E-state index >= 15 is 0 Å². The standard InChI is InChI=1S/C15H30O6Si2/c1-11(7-8-16)15(22,13(18)19)21-12(9-17)10-20-23(5,6)14(2,3)4/h8-9,11-12H,7,10H2,1-6,22H3,(H,18,19). The van der Waals surface area contributed by atoms with Gasteiger partial charge in [-0.25, -0.2) is 4.79 Å². The van der Waals surface area contributed by atoms with Crippen molar-refractivity contribution in [2.45, 2.75) is 63.6 Å². The van der Waals surface area contributed by atoms with E-state index in [1.807, 2.05) is 0 Å². The van der Waals surface area contributed by atoms with Crippen molar-refractivity contribution in [1.29, 1.82) is 0 Å². The fourth-order valence-electron chi connectivity index (χ4n) is 1.67. The molecule has 0 amide bonds. The number of hydrogen-bond acceptors (Lipinski definition) is 5. The Labute approximate surface area is 142 Å². The first-order chi connectivity index (χ1) is 10.3. The Bertz CT molecular complexity index is 432. The molecule has 0 saturated carbocycles. The summed E-state index contributed by atoms with van der Waals surface area (Å²) in [6.45, 7) is 12.0. The lowest BCUT2D eigenvalue weighted by molar-refractivity contribution is -0.169. The number of carboxylic acid groups (broad SMARTS) is 1. The SMILES string of the molecule is CC(CC=O)C([SiH3])(OC(C=O)CO[Si](C)(C)C(C)(C)C)C(=O)O. The minimum absolute atomic E-state index is 0.0178. The average Bonchev–Trinajstić information content (AvgIpc) is 2.41. The van der Waals surface area contributed by atoms with E-state index in [1.54, 1.807) is 6.92 Å². The van der Waals surface area contributed by atoms with Gasteiger partial charge in [0, 0.05) is 6.42 Å². The number of carbonyl (C=O) groups is 3. The van der Waals surface area contributed by atoms with Crippen LogP contribution in [0.25, 0.3) is 0 Å². The minimum atomic E-state index is -2.06. The molecule has 0 aliphatic heterocycles. The second-order valence-corrected chi connectivity index (χ2v) is 13.9. The molecule has 0 saturated heterocycles. The van der Waals surface area contributed by atoms with Crippen LogP contribution < -0.4 is 0 Å². The fourth-order valence-corrected chi connectivity index (χ4v) is 3.22. The Morgan fingerprint density at radius 2 is 1.83 bits per heavy atom. The van der Waals surface area contributed by atoms with Gasteiger partial charge in [-0.15, -0.1) is 0 Å². The maximum absolute atomic E-state index is 11.6. The molecule has 0 aliphatic carbocycles. The molecular weight excluding hydrogens is 332 g/mol. The van der Waals surface area contributed by atoms with Crippen molar-refractivity contribution in [3.8, 4) is 0 Å². The van der Waals surface area contributed by atoms with Crippen LogP contribution in [0.4, 0.5) is 0 Å². The molecular formula is C15H30O6Si2. The fraction of sp³-hybridized carbons (Fsp3) is 0.800. The molecule has 0 aromatic heterocycles. The van der Waals surface area contributed by atoms with E-state index < -0.39 is 31.5 Å². The quantitative estimate of drug-likeness (QED) is 0.460. The van der Waals surface area contributed by atoms with Crippen LogP contribution in [0.5, 0.6) is 0 Å². The van der Waals surface area contributed by atoms with Gasteiger partial charge in [0.25, 0.3) is 0 Å². The third-order valence-corrected chi connectivity index (χ3v) is 10.9. The maximum atomic E-state index is 11.6. The molecule has 134 valence electrons. The highest BCUT2D eigenvalue weighted by Gasteiger charge is 2.43. The Balaban J connectivity index is 5.07. The normalized spacial score (nSPS) is 18.0. The Kier molecular flexibility index (Phi) is 8.02. The predicted octanol–water partition coefficient (Wildman–Crippen LogP) is 0.964. The monoisotopic (exact) mass is 362 g/mol. The van der Waals surface area contributed by atoms with Crippen molar-refractivity contribution >= 4 is 37.1 Å². The summed E-state index contributed by atoms with van der Waals surface area (Å²) < 4.78 is 11.6. The second kappa shape index (κ2) is 8.32.